The molecule has 1 aromatic carbocycles. The van der Waals surface area contributed by atoms with Crippen LogP contribution in [0.4, 0.5) is 0 Å². The van der Waals surface area contributed by atoms with Gasteiger partial charge in [0.15, 0.2) is 0 Å². The predicted molar refractivity (Wildman–Crippen MR) is 60.6 cm³/mol. The first-order chi connectivity index (χ1) is 7.43. The maximum atomic E-state index is 5.91. The summed E-state index contributed by atoms with van der Waals surface area (Å²) in [5, 5.41) is 0. The number of hydrogen-bond acceptors (Lipinski definition) is 0. The Labute approximate surface area is 89.4 Å². The summed E-state index contributed by atoms with van der Waals surface area (Å²) in [6, 6.07) is 14.6. The van der Waals surface area contributed by atoms with Crippen molar-refractivity contribution >= 4 is 0 Å². The zero-order valence-corrected chi connectivity index (χ0v) is 8.57. The summed E-state index contributed by atoms with van der Waals surface area (Å²) in [7, 11) is 0. The van der Waals surface area contributed by atoms with Crippen molar-refractivity contribution in [2.45, 2.75) is 19.3 Å². The van der Waals surface area contributed by atoms with Crippen molar-refractivity contribution in [1.29, 1.82) is 0 Å². The van der Waals surface area contributed by atoms with Crippen LogP contribution in [-0.2, 0) is 12.8 Å². The maximum Gasteiger partial charge on any atom is 0.360 e. The Morgan fingerprint density at radius 1 is 0.867 bits per heavy atom. The smallest absolute Gasteiger partial charge is 0.212 e. The average Bonchev–Trinajstić information content (AvgIpc) is 2.77. The Morgan fingerprint density at radius 3 is 2.60 bits per heavy atom. The molecule has 0 saturated heterocycles. The largest absolute Gasteiger partial charge is 0.360 e. The SMILES string of the molecule is c1ccc(-c2ccc3c([o+]2)CCC3)cc1. The van der Waals surface area contributed by atoms with Crippen LogP contribution < -0.4 is 0 Å². The normalized spacial score (nSPS) is 13.9. The van der Waals surface area contributed by atoms with Crippen LogP contribution in [0.3, 0.4) is 0 Å². The van der Waals surface area contributed by atoms with E-state index in [2.05, 4.69) is 24.3 Å². The molecular formula is C14H13O+. The van der Waals surface area contributed by atoms with Gasteiger partial charge in [-0.15, -0.1) is 0 Å². The van der Waals surface area contributed by atoms with Crippen molar-refractivity contribution in [1.82, 2.24) is 0 Å². The van der Waals surface area contributed by atoms with Gasteiger partial charge in [0, 0.05) is 6.07 Å². The third-order valence-corrected chi connectivity index (χ3v) is 2.94. The fourth-order valence-electron chi connectivity index (χ4n) is 2.13. The summed E-state index contributed by atoms with van der Waals surface area (Å²) in [6.07, 6.45) is 3.50. The minimum absolute atomic E-state index is 0.983. The minimum atomic E-state index is 0.983. The zero-order chi connectivity index (χ0) is 10.1. The number of benzene rings is 1. The summed E-state index contributed by atoms with van der Waals surface area (Å²) in [6.45, 7) is 0. The molecule has 0 aliphatic heterocycles. The first kappa shape index (κ1) is 8.66. The van der Waals surface area contributed by atoms with E-state index in [1.807, 2.05) is 18.2 Å². The van der Waals surface area contributed by atoms with E-state index in [4.69, 9.17) is 4.42 Å². The first-order valence-electron chi connectivity index (χ1n) is 5.44. The monoisotopic (exact) mass is 197 g/mol. The molecule has 0 unspecified atom stereocenters. The van der Waals surface area contributed by atoms with E-state index in [0.717, 1.165) is 17.7 Å². The molecule has 74 valence electrons. The van der Waals surface area contributed by atoms with Gasteiger partial charge in [0.1, 0.15) is 0 Å². The quantitative estimate of drug-likeness (QED) is 0.634. The molecule has 0 radical (unpaired) electrons. The van der Waals surface area contributed by atoms with Crippen LogP contribution in [0.1, 0.15) is 17.7 Å². The molecule has 0 amide bonds. The van der Waals surface area contributed by atoms with E-state index in [1.54, 1.807) is 0 Å². The number of aryl methyl sites for hydroxylation is 2. The lowest BCUT2D eigenvalue weighted by Gasteiger charge is -1.92. The van der Waals surface area contributed by atoms with Crippen molar-refractivity contribution in [3.8, 4) is 11.3 Å². The molecule has 0 bridgehead atoms. The number of hydrogen-bond donors (Lipinski definition) is 0. The summed E-state index contributed by atoms with van der Waals surface area (Å²) in [4.78, 5) is 0. The molecule has 1 heteroatoms. The fourth-order valence-corrected chi connectivity index (χ4v) is 2.13. The van der Waals surface area contributed by atoms with Gasteiger partial charge in [-0.2, -0.15) is 0 Å². The van der Waals surface area contributed by atoms with Gasteiger partial charge < -0.3 is 0 Å². The molecule has 1 aliphatic rings. The Bertz CT molecular complexity index is 474. The predicted octanol–water partition coefficient (Wildman–Crippen LogP) is 3.72. The van der Waals surface area contributed by atoms with Gasteiger partial charge in [-0.1, -0.05) is 18.2 Å². The molecular weight excluding hydrogens is 184 g/mol. The van der Waals surface area contributed by atoms with Crippen LogP contribution in [0.2, 0.25) is 0 Å². The highest BCUT2D eigenvalue weighted by atomic mass is 16.3. The molecule has 2 aromatic rings. The van der Waals surface area contributed by atoms with E-state index < -0.39 is 0 Å². The third kappa shape index (κ3) is 1.54. The van der Waals surface area contributed by atoms with Crippen LogP contribution >= 0.6 is 0 Å². The molecule has 0 N–H and O–H groups in total. The van der Waals surface area contributed by atoms with Crippen LogP contribution in [0.25, 0.3) is 11.3 Å². The second kappa shape index (κ2) is 3.50. The summed E-state index contributed by atoms with van der Waals surface area (Å²) >= 11 is 0. The molecule has 0 fully saturated rings. The van der Waals surface area contributed by atoms with Gasteiger partial charge in [0.05, 0.1) is 17.5 Å². The second-order valence-electron chi connectivity index (χ2n) is 3.97. The molecule has 15 heavy (non-hydrogen) atoms. The van der Waals surface area contributed by atoms with E-state index in [0.29, 0.717) is 0 Å². The highest BCUT2D eigenvalue weighted by molar-refractivity contribution is 5.57. The van der Waals surface area contributed by atoms with Crippen molar-refractivity contribution in [2.24, 2.45) is 0 Å². The number of rotatable bonds is 1. The van der Waals surface area contributed by atoms with E-state index >= 15 is 0 Å². The average molecular weight is 197 g/mol. The van der Waals surface area contributed by atoms with Gasteiger partial charge in [-0.25, -0.2) is 4.42 Å². The van der Waals surface area contributed by atoms with Crippen LogP contribution in [0.15, 0.2) is 46.9 Å². The van der Waals surface area contributed by atoms with Crippen molar-refractivity contribution in [3.63, 3.8) is 0 Å². The molecule has 0 saturated carbocycles. The van der Waals surface area contributed by atoms with Gasteiger partial charge in [0.2, 0.25) is 0 Å². The molecule has 1 aromatic heterocycles. The zero-order valence-electron chi connectivity index (χ0n) is 8.57. The lowest BCUT2D eigenvalue weighted by Crippen LogP contribution is -1.84. The second-order valence-corrected chi connectivity index (χ2v) is 3.97. The Hall–Kier alpha value is -1.63. The van der Waals surface area contributed by atoms with Crippen LogP contribution in [0, 0.1) is 0 Å². The molecule has 1 heterocycles. The Kier molecular flexibility index (Phi) is 2.02. The standard InChI is InChI=1S/C14H13O/c1-2-5-11(6-3-1)14-10-9-12-7-4-8-13(12)15-14/h1-3,5-6,9-10H,4,7-8H2/q+1. The first-order valence-corrected chi connectivity index (χ1v) is 5.44. The minimum Gasteiger partial charge on any atom is -0.212 e. The van der Waals surface area contributed by atoms with E-state index in [1.165, 1.54) is 24.2 Å². The highest BCUT2D eigenvalue weighted by Crippen LogP contribution is 2.27. The number of fused-ring (bicyclic) bond motifs is 1. The van der Waals surface area contributed by atoms with E-state index in [9.17, 15) is 0 Å². The van der Waals surface area contributed by atoms with Crippen molar-refractivity contribution in [2.75, 3.05) is 0 Å². The lowest BCUT2D eigenvalue weighted by atomic mass is 10.1. The summed E-state index contributed by atoms with van der Waals surface area (Å²) < 4.78 is 5.91. The lowest BCUT2D eigenvalue weighted by molar-refractivity contribution is 0.514. The Balaban J connectivity index is 2.07. The highest BCUT2D eigenvalue weighted by Gasteiger charge is 2.24. The van der Waals surface area contributed by atoms with E-state index in [-0.39, 0.29) is 0 Å². The molecule has 0 spiro atoms. The molecule has 0 atom stereocenters. The fraction of sp³-hybridized carbons (Fsp3) is 0.214. The topological polar surface area (TPSA) is 11.3 Å². The van der Waals surface area contributed by atoms with Crippen molar-refractivity contribution < 1.29 is 4.42 Å². The van der Waals surface area contributed by atoms with Gasteiger partial charge in [-0.3, -0.25) is 0 Å². The molecule has 1 aliphatic carbocycles. The summed E-state index contributed by atoms with van der Waals surface area (Å²) in [5.41, 5.74) is 2.54. The Morgan fingerprint density at radius 2 is 1.73 bits per heavy atom. The van der Waals surface area contributed by atoms with Crippen LogP contribution in [-0.4, -0.2) is 0 Å². The van der Waals surface area contributed by atoms with Crippen molar-refractivity contribution in [3.05, 3.63) is 53.8 Å². The third-order valence-electron chi connectivity index (χ3n) is 2.94. The van der Waals surface area contributed by atoms with Gasteiger partial charge in [0.25, 0.3) is 0 Å². The van der Waals surface area contributed by atoms with Gasteiger partial charge >= 0.3 is 11.5 Å². The molecule has 1 nitrogen and oxygen atoms in total. The summed E-state index contributed by atoms with van der Waals surface area (Å²) in [5.74, 6) is 2.16. The maximum absolute atomic E-state index is 5.91. The molecule has 3 rings (SSSR count). The van der Waals surface area contributed by atoms with Gasteiger partial charge in [-0.05, 0) is 31.0 Å². The van der Waals surface area contributed by atoms with Crippen LogP contribution in [0.5, 0.6) is 0 Å².